The number of hydrogen-bond donors (Lipinski definition) is 0. The van der Waals surface area contributed by atoms with E-state index in [9.17, 15) is 4.79 Å². The van der Waals surface area contributed by atoms with Crippen LogP contribution in [0.5, 0.6) is 0 Å². The van der Waals surface area contributed by atoms with Crippen molar-refractivity contribution >= 4 is 5.91 Å². The van der Waals surface area contributed by atoms with Crippen LogP contribution >= 0.6 is 0 Å². The maximum Gasteiger partial charge on any atom is 0.236 e. The fourth-order valence-electron chi connectivity index (χ4n) is 2.40. The first-order valence-corrected chi connectivity index (χ1v) is 7.23. The van der Waals surface area contributed by atoms with Gasteiger partial charge in [-0.25, -0.2) is 0 Å². The molecule has 1 aliphatic rings. The van der Waals surface area contributed by atoms with E-state index in [0.29, 0.717) is 6.54 Å². The molecular weight excluding hydrogens is 252 g/mol. The Bertz CT molecular complexity index is 420. The van der Waals surface area contributed by atoms with E-state index in [1.807, 2.05) is 6.07 Å². The van der Waals surface area contributed by atoms with Crippen molar-refractivity contribution in [3.05, 3.63) is 35.9 Å². The number of hydrogen-bond acceptors (Lipinski definition) is 3. The van der Waals surface area contributed by atoms with Gasteiger partial charge in [0.1, 0.15) is 0 Å². The molecule has 1 aromatic rings. The molecule has 0 aliphatic carbocycles. The number of carbonyl (C=O) groups excluding carboxylic acids is 1. The zero-order valence-corrected chi connectivity index (χ0v) is 12.4. The Morgan fingerprint density at radius 1 is 1.35 bits per heavy atom. The van der Waals surface area contributed by atoms with Crippen molar-refractivity contribution in [2.24, 2.45) is 0 Å². The minimum atomic E-state index is 0.161. The van der Waals surface area contributed by atoms with E-state index >= 15 is 0 Å². The Morgan fingerprint density at radius 2 is 2.10 bits per heavy atom. The van der Waals surface area contributed by atoms with Gasteiger partial charge in [0.25, 0.3) is 0 Å². The highest BCUT2D eigenvalue weighted by Crippen LogP contribution is 2.12. The lowest BCUT2D eigenvalue weighted by molar-refractivity contribution is -0.132. The maximum absolute atomic E-state index is 11.7. The van der Waals surface area contributed by atoms with Crippen LogP contribution in [-0.4, -0.2) is 62.1 Å². The predicted octanol–water partition coefficient (Wildman–Crippen LogP) is 1.41. The lowest BCUT2D eigenvalue weighted by Crippen LogP contribution is -2.46. The SMILES string of the molecule is CN(C)C(=O)CN1CCO[C@H](CCc2ccccc2)C1. The van der Waals surface area contributed by atoms with E-state index in [1.54, 1.807) is 19.0 Å². The third-order valence-corrected chi connectivity index (χ3v) is 3.68. The van der Waals surface area contributed by atoms with Crippen LogP contribution in [0.1, 0.15) is 12.0 Å². The largest absolute Gasteiger partial charge is 0.376 e. The summed E-state index contributed by atoms with van der Waals surface area (Å²) in [6, 6.07) is 10.5. The normalized spacial score (nSPS) is 19.8. The molecule has 0 aromatic heterocycles. The van der Waals surface area contributed by atoms with Crippen LogP contribution in [-0.2, 0) is 16.0 Å². The Morgan fingerprint density at radius 3 is 2.80 bits per heavy atom. The number of carbonyl (C=O) groups is 1. The van der Waals surface area contributed by atoms with E-state index in [2.05, 4.69) is 29.2 Å². The molecule has 1 aromatic carbocycles. The Hall–Kier alpha value is -1.39. The summed E-state index contributed by atoms with van der Waals surface area (Å²) in [6.07, 6.45) is 2.27. The molecule has 4 nitrogen and oxygen atoms in total. The molecule has 110 valence electrons. The monoisotopic (exact) mass is 276 g/mol. The smallest absolute Gasteiger partial charge is 0.236 e. The van der Waals surface area contributed by atoms with Gasteiger partial charge < -0.3 is 9.64 Å². The second-order valence-electron chi connectivity index (χ2n) is 5.54. The summed E-state index contributed by atoms with van der Waals surface area (Å²) in [4.78, 5) is 15.6. The average Bonchev–Trinajstić information content (AvgIpc) is 2.46. The van der Waals surface area contributed by atoms with Crippen LogP contribution in [0, 0.1) is 0 Å². The number of aryl methyl sites for hydroxylation is 1. The molecule has 0 radical (unpaired) electrons. The molecule has 1 amide bonds. The number of amides is 1. The van der Waals surface area contributed by atoms with Gasteiger partial charge in [0.2, 0.25) is 5.91 Å². The summed E-state index contributed by atoms with van der Waals surface area (Å²) in [5.41, 5.74) is 1.34. The molecule has 0 bridgehead atoms. The van der Waals surface area contributed by atoms with Crippen molar-refractivity contribution in [2.45, 2.75) is 18.9 Å². The van der Waals surface area contributed by atoms with Crippen LogP contribution in [0.25, 0.3) is 0 Å². The lowest BCUT2D eigenvalue weighted by Gasteiger charge is -2.33. The van der Waals surface area contributed by atoms with Gasteiger partial charge >= 0.3 is 0 Å². The fourth-order valence-corrected chi connectivity index (χ4v) is 2.40. The number of ether oxygens (including phenoxy) is 1. The number of rotatable bonds is 5. The van der Waals surface area contributed by atoms with Gasteiger partial charge in [0.05, 0.1) is 19.3 Å². The van der Waals surface area contributed by atoms with Crippen molar-refractivity contribution in [2.75, 3.05) is 40.3 Å². The van der Waals surface area contributed by atoms with Crippen molar-refractivity contribution in [3.63, 3.8) is 0 Å². The number of nitrogens with zero attached hydrogens (tertiary/aromatic N) is 2. The van der Waals surface area contributed by atoms with Gasteiger partial charge in [0.15, 0.2) is 0 Å². The molecule has 1 atom stereocenters. The first kappa shape index (κ1) is 15.0. The quantitative estimate of drug-likeness (QED) is 0.815. The number of benzene rings is 1. The van der Waals surface area contributed by atoms with Gasteiger partial charge in [-0.15, -0.1) is 0 Å². The van der Waals surface area contributed by atoms with Crippen LogP contribution in [0.15, 0.2) is 30.3 Å². The summed E-state index contributed by atoms with van der Waals surface area (Å²) in [5.74, 6) is 0.161. The van der Waals surface area contributed by atoms with Gasteiger partial charge in [-0.1, -0.05) is 30.3 Å². The van der Waals surface area contributed by atoms with Gasteiger partial charge in [-0.3, -0.25) is 9.69 Å². The molecule has 20 heavy (non-hydrogen) atoms. The summed E-state index contributed by atoms with van der Waals surface area (Å²) < 4.78 is 5.81. The molecule has 2 rings (SSSR count). The van der Waals surface area contributed by atoms with Crippen molar-refractivity contribution < 1.29 is 9.53 Å². The summed E-state index contributed by atoms with van der Waals surface area (Å²) in [7, 11) is 3.60. The van der Waals surface area contributed by atoms with E-state index in [-0.39, 0.29) is 12.0 Å². The Labute approximate surface area is 121 Å². The molecule has 0 spiro atoms. The fraction of sp³-hybridized carbons (Fsp3) is 0.562. The van der Waals surface area contributed by atoms with Gasteiger partial charge in [-0.2, -0.15) is 0 Å². The van der Waals surface area contributed by atoms with E-state index < -0.39 is 0 Å². The van der Waals surface area contributed by atoms with E-state index in [4.69, 9.17) is 4.74 Å². The van der Waals surface area contributed by atoms with Gasteiger partial charge in [0, 0.05) is 27.2 Å². The molecule has 1 heterocycles. The third-order valence-electron chi connectivity index (χ3n) is 3.68. The van der Waals surface area contributed by atoms with E-state index in [0.717, 1.165) is 32.5 Å². The van der Waals surface area contributed by atoms with E-state index in [1.165, 1.54) is 5.56 Å². The van der Waals surface area contributed by atoms with Crippen molar-refractivity contribution in [3.8, 4) is 0 Å². The first-order chi connectivity index (χ1) is 9.65. The highest BCUT2D eigenvalue weighted by Gasteiger charge is 2.22. The van der Waals surface area contributed by atoms with Crippen molar-refractivity contribution in [1.29, 1.82) is 0 Å². The zero-order chi connectivity index (χ0) is 14.4. The highest BCUT2D eigenvalue weighted by atomic mass is 16.5. The average molecular weight is 276 g/mol. The second-order valence-corrected chi connectivity index (χ2v) is 5.54. The predicted molar refractivity (Wildman–Crippen MR) is 79.6 cm³/mol. The molecule has 1 aliphatic heterocycles. The first-order valence-electron chi connectivity index (χ1n) is 7.23. The van der Waals surface area contributed by atoms with Crippen LogP contribution in [0.3, 0.4) is 0 Å². The molecule has 0 N–H and O–H groups in total. The van der Waals surface area contributed by atoms with Crippen LogP contribution in [0.2, 0.25) is 0 Å². The molecule has 4 heteroatoms. The summed E-state index contributed by atoms with van der Waals surface area (Å²) in [5, 5.41) is 0. The maximum atomic E-state index is 11.7. The summed E-state index contributed by atoms with van der Waals surface area (Å²) in [6.45, 7) is 2.92. The van der Waals surface area contributed by atoms with Crippen LogP contribution < -0.4 is 0 Å². The Balaban J connectivity index is 1.77. The second kappa shape index (κ2) is 7.41. The van der Waals surface area contributed by atoms with Gasteiger partial charge in [-0.05, 0) is 18.4 Å². The van der Waals surface area contributed by atoms with Crippen LogP contribution in [0.4, 0.5) is 0 Å². The number of likely N-dealkylation sites (N-methyl/N-ethyl adjacent to an activating group) is 1. The number of morpholine rings is 1. The molecule has 0 unspecified atom stereocenters. The standard InChI is InChI=1S/C16H24N2O2/c1-17(2)16(19)13-18-10-11-20-15(12-18)9-8-14-6-4-3-5-7-14/h3-7,15H,8-13H2,1-2H3/t15-/m1/s1. The molecule has 1 saturated heterocycles. The molecular formula is C16H24N2O2. The topological polar surface area (TPSA) is 32.8 Å². The minimum absolute atomic E-state index is 0.161. The third kappa shape index (κ3) is 4.62. The lowest BCUT2D eigenvalue weighted by atomic mass is 10.1. The molecule has 0 saturated carbocycles. The minimum Gasteiger partial charge on any atom is -0.376 e. The Kier molecular flexibility index (Phi) is 5.56. The zero-order valence-electron chi connectivity index (χ0n) is 12.4. The molecule has 1 fully saturated rings. The highest BCUT2D eigenvalue weighted by molar-refractivity contribution is 5.77. The summed E-state index contributed by atoms with van der Waals surface area (Å²) >= 11 is 0. The van der Waals surface area contributed by atoms with Crippen molar-refractivity contribution in [1.82, 2.24) is 9.80 Å².